The van der Waals surface area contributed by atoms with Crippen molar-refractivity contribution >= 4 is 6.29 Å². The smallest absolute Gasteiger partial charge is 0.226 e. The summed E-state index contributed by atoms with van der Waals surface area (Å²) in [6.07, 6.45) is 2.47. The predicted octanol–water partition coefficient (Wildman–Crippen LogP) is 4.47. The number of oxazole rings is 1. The van der Waals surface area contributed by atoms with Gasteiger partial charge in [0, 0.05) is 11.1 Å². The molecule has 0 unspecified atom stereocenters. The van der Waals surface area contributed by atoms with E-state index in [0.717, 1.165) is 41.9 Å². The van der Waals surface area contributed by atoms with Crippen molar-refractivity contribution in [3.63, 3.8) is 0 Å². The van der Waals surface area contributed by atoms with E-state index in [4.69, 9.17) is 9.15 Å². The number of hydrogen-bond donors (Lipinski definition) is 0. The normalized spacial score (nSPS) is 10.5. The van der Waals surface area contributed by atoms with Gasteiger partial charge in [-0.2, -0.15) is 0 Å². The van der Waals surface area contributed by atoms with Gasteiger partial charge in [0.15, 0.2) is 0 Å². The Morgan fingerprint density at radius 2 is 1.83 bits per heavy atom. The molecule has 4 nitrogen and oxygen atoms in total. The Hall–Kier alpha value is -2.88. The van der Waals surface area contributed by atoms with E-state index in [1.807, 2.05) is 37.3 Å². The first-order chi connectivity index (χ1) is 11.8. The maximum Gasteiger partial charge on any atom is 0.226 e. The number of carbonyl (C=O) groups is 1. The van der Waals surface area contributed by atoms with Crippen molar-refractivity contribution in [2.24, 2.45) is 0 Å². The van der Waals surface area contributed by atoms with E-state index in [9.17, 15) is 4.79 Å². The van der Waals surface area contributed by atoms with Crippen LogP contribution in [0.25, 0.3) is 11.5 Å². The molecule has 0 saturated heterocycles. The maximum absolute atomic E-state index is 10.6. The molecule has 0 radical (unpaired) electrons. The summed E-state index contributed by atoms with van der Waals surface area (Å²) >= 11 is 0. The van der Waals surface area contributed by atoms with Crippen molar-refractivity contribution in [3.8, 4) is 17.2 Å². The average Bonchev–Trinajstić information content (AvgIpc) is 3.01. The Morgan fingerprint density at radius 1 is 1.08 bits per heavy atom. The van der Waals surface area contributed by atoms with E-state index in [1.165, 1.54) is 0 Å². The highest BCUT2D eigenvalue weighted by Crippen LogP contribution is 2.22. The van der Waals surface area contributed by atoms with Crippen molar-refractivity contribution in [2.75, 3.05) is 6.61 Å². The van der Waals surface area contributed by atoms with Gasteiger partial charge in [-0.05, 0) is 56.2 Å². The van der Waals surface area contributed by atoms with Crippen molar-refractivity contribution in [2.45, 2.75) is 19.8 Å². The Balaban J connectivity index is 1.53. The quantitative estimate of drug-likeness (QED) is 0.476. The molecule has 0 spiro atoms. The van der Waals surface area contributed by atoms with E-state index in [1.54, 1.807) is 24.3 Å². The molecule has 0 atom stereocenters. The molecule has 122 valence electrons. The average molecular weight is 321 g/mol. The van der Waals surface area contributed by atoms with E-state index in [2.05, 4.69) is 4.98 Å². The third-order valence-electron chi connectivity index (χ3n) is 3.76. The van der Waals surface area contributed by atoms with Crippen LogP contribution >= 0.6 is 0 Å². The number of aryl methyl sites for hydroxylation is 2. The zero-order valence-electron chi connectivity index (χ0n) is 13.6. The van der Waals surface area contributed by atoms with Crippen molar-refractivity contribution < 1.29 is 13.9 Å². The summed E-state index contributed by atoms with van der Waals surface area (Å²) < 4.78 is 11.4. The van der Waals surface area contributed by atoms with Gasteiger partial charge >= 0.3 is 0 Å². The lowest BCUT2D eigenvalue weighted by molar-refractivity contribution is 0.112. The van der Waals surface area contributed by atoms with Crippen LogP contribution in [0.3, 0.4) is 0 Å². The zero-order valence-corrected chi connectivity index (χ0v) is 13.6. The molecule has 3 aromatic rings. The highest BCUT2D eigenvalue weighted by atomic mass is 16.5. The topological polar surface area (TPSA) is 52.3 Å². The number of aldehydes is 1. The number of ether oxygens (including phenoxy) is 1. The number of hydrogen-bond acceptors (Lipinski definition) is 4. The van der Waals surface area contributed by atoms with Gasteiger partial charge in [-0.3, -0.25) is 4.79 Å². The summed E-state index contributed by atoms with van der Waals surface area (Å²) in [6.45, 7) is 2.53. The molecule has 0 N–H and O–H groups in total. The van der Waals surface area contributed by atoms with Crippen LogP contribution in [-0.4, -0.2) is 17.9 Å². The molecule has 0 aliphatic heterocycles. The first-order valence-corrected chi connectivity index (χ1v) is 7.96. The van der Waals surface area contributed by atoms with E-state index >= 15 is 0 Å². The lowest BCUT2D eigenvalue weighted by Gasteiger charge is -2.05. The molecule has 1 heterocycles. The van der Waals surface area contributed by atoms with Gasteiger partial charge in [-0.1, -0.05) is 18.2 Å². The first-order valence-electron chi connectivity index (χ1n) is 7.96. The number of carbonyl (C=O) groups excluding carboxylic acids is 1. The summed E-state index contributed by atoms with van der Waals surface area (Å²) in [4.78, 5) is 15.2. The second-order valence-corrected chi connectivity index (χ2v) is 5.53. The minimum absolute atomic E-state index is 0.591. The molecule has 0 aliphatic carbocycles. The van der Waals surface area contributed by atoms with Crippen molar-refractivity contribution in [1.82, 2.24) is 4.98 Å². The molecule has 0 saturated carbocycles. The molecule has 4 heteroatoms. The fraction of sp³-hybridized carbons (Fsp3) is 0.200. The van der Waals surface area contributed by atoms with Crippen LogP contribution < -0.4 is 4.74 Å². The monoisotopic (exact) mass is 321 g/mol. The fourth-order valence-electron chi connectivity index (χ4n) is 2.44. The minimum atomic E-state index is 0.591. The number of benzene rings is 2. The van der Waals surface area contributed by atoms with Crippen LogP contribution in [0.15, 0.2) is 59.0 Å². The summed E-state index contributed by atoms with van der Waals surface area (Å²) in [5.41, 5.74) is 2.60. The SMILES string of the molecule is Cc1oc(-c2ccccc2)nc1CCCOc1ccc(C=O)cc1. The Labute approximate surface area is 141 Å². The summed E-state index contributed by atoms with van der Waals surface area (Å²) in [5, 5.41) is 0. The molecule has 0 bridgehead atoms. The molecule has 0 amide bonds. The third kappa shape index (κ3) is 3.90. The first kappa shape index (κ1) is 16.0. The van der Waals surface area contributed by atoms with Crippen LogP contribution in [0.4, 0.5) is 0 Å². The summed E-state index contributed by atoms with van der Waals surface area (Å²) in [6, 6.07) is 17.0. The second kappa shape index (κ2) is 7.59. The van der Waals surface area contributed by atoms with Gasteiger partial charge in [-0.25, -0.2) is 4.98 Å². The van der Waals surface area contributed by atoms with Crippen LogP contribution in [0.2, 0.25) is 0 Å². The zero-order chi connectivity index (χ0) is 16.8. The van der Waals surface area contributed by atoms with Crippen molar-refractivity contribution in [1.29, 1.82) is 0 Å². The third-order valence-corrected chi connectivity index (χ3v) is 3.76. The van der Waals surface area contributed by atoms with E-state index < -0.39 is 0 Å². The van der Waals surface area contributed by atoms with Crippen LogP contribution in [-0.2, 0) is 6.42 Å². The molecule has 0 aliphatic rings. The van der Waals surface area contributed by atoms with Crippen LogP contribution in [0.1, 0.15) is 28.2 Å². The maximum atomic E-state index is 10.6. The minimum Gasteiger partial charge on any atom is -0.494 e. The molecule has 3 rings (SSSR count). The van der Waals surface area contributed by atoms with Gasteiger partial charge in [0.2, 0.25) is 5.89 Å². The highest BCUT2D eigenvalue weighted by Gasteiger charge is 2.10. The fourth-order valence-corrected chi connectivity index (χ4v) is 2.44. The largest absolute Gasteiger partial charge is 0.494 e. The lowest BCUT2D eigenvalue weighted by Crippen LogP contribution is -2.00. The number of rotatable bonds is 7. The van der Waals surface area contributed by atoms with E-state index in [0.29, 0.717) is 18.1 Å². The number of nitrogens with zero attached hydrogens (tertiary/aromatic N) is 1. The molecule has 1 aromatic heterocycles. The second-order valence-electron chi connectivity index (χ2n) is 5.53. The number of aromatic nitrogens is 1. The predicted molar refractivity (Wildman–Crippen MR) is 92.3 cm³/mol. The van der Waals surface area contributed by atoms with Gasteiger partial charge < -0.3 is 9.15 Å². The van der Waals surface area contributed by atoms with Crippen molar-refractivity contribution in [3.05, 3.63) is 71.6 Å². The highest BCUT2D eigenvalue weighted by molar-refractivity contribution is 5.74. The Bertz CT molecular complexity index is 792. The summed E-state index contributed by atoms with van der Waals surface area (Å²) in [7, 11) is 0. The molecular formula is C20H19NO3. The molecule has 24 heavy (non-hydrogen) atoms. The van der Waals surface area contributed by atoms with Gasteiger partial charge in [-0.15, -0.1) is 0 Å². The van der Waals surface area contributed by atoms with Crippen LogP contribution in [0, 0.1) is 6.92 Å². The molecular weight excluding hydrogens is 302 g/mol. The molecule has 2 aromatic carbocycles. The van der Waals surface area contributed by atoms with Gasteiger partial charge in [0.25, 0.3) is 0 Å². The molecule has 0 fully saturated rings. The van der Waals surface area contributed by atoms with Gasteiger partial charge in [0.1, 0.15) is 17.8 Å². The summed E-state index contributed by atoms with van der Waals surface area (Å²) in [5.74, 6) is 2.28. The Kier molecular flexibility index (Phi) is 5.06. The van der Waals surface area contributed by atoms with Gasteiger partial charge in [0.05, 0.1) is 12.3 Å². The standard InChI is InChI=1S/C20H19NO3/c1-15-19(21-20(24-15)17-6-3-2-4-7-17)8-5-13-23-18-11-9-16(14-22)10-12-18/h2-4,6-7,9-12,14H,5,8,13H2,1H3. The van der Waals surface area contributed by atoms with E-state index in [-0.39, 0.29) is 0 Å². The Morgan fingerprint density at radius 3 is 2.54 bits per heavy atom. The lowest BCUT2D eigenvalue weighted by atomic mass is 10.2. The van der Waals surface area contributed by atoms with Crippen LogP contribution in [0.5, 0.6) is 5.75 Å².